The molecule has 5 nitrogen and oxygen atoms in total. The lowest BCUT2D eigenvalue weighted by Crippen LogP contribution is -2.45. The number of carbonyl (C=O) groups excluding carboxylic acids is 2. The van der Waals surface area contributed by atoms with Crippen LogP contribution in [0.15, 0.2) is 12.1 Å². The fourth-order valence-corrected chi connectivity index (χ4v) is 1.92. The minimum atomic E-state index is -1.64. The predicted molar refractivity (Wildman–Crippen MR) is 66.9 cm³/mol. The molecule has 0 radical (unpaired) electrons. The zero-order valence-electron chi connectivity index (χ0n) is 10.9. The Morgan fingerprint density at radius 3 is 2.38 bits per heavy atom. The molecule has 2 N–H and O–H groups in total. The molecule has 0 aliphatic carbocycles. The second kappa shape index (κ2) is 6.57. The van der Waals surface area contributed by atoms with Crippen molar-refractivity contribution in [3.05, 3.63) is 29.6 Å². The van der Waals surface area contributed by atoms with E-state index in [0.717, 1.165) is 6.42 Å². The van der Waals surface area contributed by atoms with Crippen molar-refractivity contribution in [1.29, 1.82) is 0 Å². The van der Waals surface area contributed by atoms with Gasteiger partial charge in [0.1, 0.15) is 0 Å². The molecule has 1 aliphatic rings. The van der Waals surface area contributed by atoms with Crippen molar-refractivity contribution in [1.82, 2.24) is 5.32 Å². The summed E-state index contributed by atoms with van der Waals surface area (Å²) < 4.78 is 43.9. The molecule has 8 heteroatoms. The monoisotopic (exact) mass is 302 g/mol. The summed E-state index contributed by atoms with van der Waals surface area (Å²) in [5.41, 5.74) is -0.341. The standard InChI is InChI=1S/C13H13F3N2O3/c14-9-4-8(5-10(15)11(9)16)18-13(20)12(19)17-7-2-1-3-21-6-7/h4-5,7H,1-3,6H2,(H,17,19)(H,18,20)/t7-/m1/s1. The number of anilines is 1. The third-order valence-corrected chi connectivity index (χ3v) is 2.94. The number of benzene rings is 1. The Balaban J connectivity index is 1.95. The molecule has 1 aromatic rings. The summed E-state index contributed by atoms with van der Waals surface area (Å²) >= 11 is 0. The van der Waals surface area contributed by atoms with Crippen molar-refractivity contribution < 1.29 is 27.5 Å². The fourth-order valence-electron chi connectivity index (χ4n) is 1.92. The SMILES string of the molecule is O=C(Nc1cc(F)c(F)c(F)c1)C(=O)N[C@@H]1CCCOC1. The van der Waals surface area contributed by atoms with Gasteiger partial charge in [-0.15, -0.1) is 0 Å². The van der Waals surface area contributed by atoms with Gasteiger partial charge in [-0.25, -0.2) is 13.2 Å². The first-order valence-corrected chi connectivity index (χ1v) is 6.31. The number of nitrogens with one attached hydrogen (secondary N) is 2. The molecule has 1 fully saturated rings. The van der Waals surface area contributed by atoms with Gasteiger partial charge in [-0.3, -0.25) is 9.59 Å². The largest absolute Gasteiger partial charge is 0.379 e. The van der Waals surface area contributed by atoms with Crippen molar-refractivity contribution in [3.63, 3.8) is 0 Å². The zero-order chi connectivity index (χ0) is 15.4. The van der Waals surface area contributed by atoms with Crippen molar-refractivity contribution in [2.45, 2.75) is 18.9 Å². The highest BCUT2D eigenvalue weighted by atomic mass is 19.2. The topological polar surface area (TPSA) is 67.4 Å². The van der Waals surface area contributed by atoms with Crippen LogP contribution in [0.25, 0.3) is 0 Å². The first-order valence-electron chi connectivity index (χ1n) is 6.31. The highest BCUT2D eigenvalue weighted by Gasteiger charge is 2.21. The zero-order valence-corrected chi connectivity index (χ0v) is 10.9. The lowest BCUT2D eigenvalue weighted by Gasteiger charge is -2.22. The van der Waals surface area contributed by atoms with Gasteiger partial charge >= 0.3 is 11.8 Å². The summed E-state index contributed by atoms with van der Waals surface area (Å²) in [5.74, 6) is -6.59. The van der Waals surface area contributed by atoms with Crippen molar-refractivity contribution in [2.24, 2.45) is 0 Å². The van der Waals surface area contributed by atoms with Crippen LogP contribution in [0.2, 0.25) is 0 Å². The molecular formula is C13H13F3N2O3. The number of ether oxygens (including phenoxy) is 1. The maximum absolute atomic E-state index is 13.0. The molecule has 21 heavy (non-hydrogen) atoms. The molecule has 2 rings (SSSR count). The summed E-state index contributed by atoms with van der Waals surface area (Å²) in [4.78, 5) is 23.2. The fraction of sp³-hybridized carbons (Fsp3) is 0.385. The van der Waals surface area contributed by atoms with Crippen LogP contribution in [0.4, 0.5) is 18.9 Å². The summed E-state index contributed by atoms with van der Waals surface area (Å²) in [7, 11) is 0. The lowest BCUT2D eigenvalue weighted by molar-refractivity contribution is -0.137. The Kier molecular flexibility index (Phi) is 4.79. The predicted octanol–water partition coefficient (Wildman–Crippen LogP) is 1.34. The van der Waals surface area contributed by atoms with E-state index in [2.05, 4.69) is 5.32 Å². The smallest absolute Gasteiger partial charge is 0.313 e. The van der Waals surface area contributed by atoms with Crippen LogP contribution in [0, 0.1) is 17.5 Å². The van der Waals surface area contributed by atoms with Crippen LogP contribution in [-0.4, -0.2) is 31.1 Å². The molecule has 2 amide bonds. The molecule has 0 saturated carbocycles. The van der Waals surface area contributed by atoms with Gasteiger partial charge in [0.2, 0.25) is 0 Å². The van der Waals surface area contributed by atoms with E-state index >= 15 is 0 Å². The molecule has 1 aromatic carbocycles. The highest BCUT2D eigenvalue weighted by Crippen LogP contribution is 2.17. The average molecular weight is 302 g/mol. The third-order valence-electron chi connectivity index (χ3n) is 2.94. The summed E-state index contributed by atoms with van der Waals surface area (Å²) in [5, 5.41) is 4.44. The molecule has 1 heterocycles. The van der Waals surface area contributed by atoms with Crippen molar-refractivity contribution in [2.75, 3.05) is 18.5 Å². The van der Waals surface area contributed by atoms with E-state index in [-0.39, 0.29) is 11.7 Å². The van der Waals surface area contributed by atoms with Crippen LogP contribution in [-0.2, 0) is 14.3 Å². The Hall–Kier alpha value is -2.09. The average Bonchev–Trinajstić information content (AvgIpc) is 2.45. The van der Waals surface area contributed by atoms with Gasteiger partial charge < -0.3 is 15.4 Å². The number of carbonyl (C=O) groups is 2. The Morgan fingerprint density at radius 1 is 1.14 bits per heavy atom. The van der Waals surface area contributed by atoms with E-state index in [1.165, 1.54) is 0 Å². The Labute approximate surface area is 118 Å². The van der Waals surface area contributed by atoms with E-state index in [9.17, 15) is 22.8 Å². The minimum Gasteiger partial charge on any atom is -0.379 e. The summed E-state index contributed by atoms with van der Waals surface area (Å²) in [6.07, 6.45) is 1.44. The van der Waals surface area contributed by atoms with Gasteiger partial charge in [0, 0.05) is 24.4 Å². The molecular weight excluding hydrogens is 289 g/mol. The molecule has 0 unspecified atom stereocenters. The quantitative estimate of drug-likeness (QED) is 0.640. The molecule has 1 saturated heterocycles. The molecule has 0 aromatic heterocycles. The lowest BCUT2D eigenvalue weighted by atomic mass is 10.1. The first-order chi connectivity index (χ1) is 9.97. The van der Waals surface area contributed by atoms with E-state index in [1.807, 2.05) is 5.32 Å². The van der Waals surface area contributed by atoms with E-state index < -0.39 is 29.3 Å². The van der Waals surface area contributed by atoms with Crippen LogP contribution in [0.5, 0.6) is 0 Å². The van der Waals surface area contributed by atoms with Gasteiger partial charge in [0.05, 0.1) is 12.6 Å². The van der Waals surface area contributed by atoms with E-state index in [1.54, 1.807) is 0 Å². The first kappa shape index (κ1) is 15.3. The highest BCUT2D eigenvalue weighted by molar-refractivity contribution is 6.39. The number of rotatable bonds is 2. The number of halogens is 3. The van der Waals surface area contributed by atoms with Crippen molar-refractivity contribution >= 4 is 17.5 Å². The Morgan fingerprint density at radius 2 is 1.81 bits per heavy atom. The van der Waals surface area contributed by atoms with E-state index in [4.69, 9.17) is 4.74 Å². The van der Waals surface area contributed by atoms with Gasteiger partial charge in [-0.2, -0.15) is 0 Å². The van der Waals surface area contributed by atoms with Crippen LogP contribution in [0.1, 0.15) is 12.8 Å². The number of hydrogen-bond acceptors (Lipinski definition) is 3. The van der Waals surface area contributed by atoms with Gasteiger partial charge in [0.25, 0.3) is 0 Å². The van der Waals surface area contributed by atoms with E-state index in [0.29, 0.717) is 31.8 Å². The summed E-state index contributed by atoms with van der Waals surface area (Å²) in [6, 6.07) is 0.902. The maximum atomic E-state index is 13.0. The van der Waals surface area contributed by atoms with Gasteiger partial charge in [-0.1, -0.05) is 0 Å². The van der Waals surface area contributed by atoms with Crippen molar-refractivity contribution in [3.8, 4) is 0 Å². The van der Waals surface area contributed by atoms with Crippen LogP contribution < -0.4 is 10.6 Å². The second-order valence-electron chi connectivity index (χ2n) is 4.60. The molecule has 1 atom stereocenters. The number of hydrogen-bond donors (Lipinski definition) is 2. The van der Waals surface area contributed by atoms with Gasteiger partial charge in [-0.05, 0) is 12.8 Å². The minimum absolute atomic E-state index is 0.279. The van der Waals surface area contributed by atoms with Crippen LogP contribution in [0.3, 0.4) is 0 Å². The third kappa shape index (κ3) is 3.94. The summed E-state index contributed by atoms with van der Waals surface area (Å²) in [6.45, 7) is 0.908. The molecule has 0 bridgehead atoms. The van der Waals surface area contributed by atoms with Crippen LogP contribution >= 0.6 is 0 Å². The number of amides is 2. The maximum Gasteiger partial charge on any atom is 0.313 e. The van der Waals surface area contributed by atoms with Gasteiger partial charge in [0.15, 0.2) is 17.5 Å². The Bertz CT molecular complexity index is 537. The normalized spacial score (nSPS) is 18.1. The molecule has 0 spiro atoms. The molecule has 1 aliphatic heterocycles. The second-order valence-corrected chi connectivity index (χ2v) is 4.60. The molecule has 114 valence electrons.